The monoisotopic (exact) mass is 237 g/mol. The predicted octanol–water partition coefficient (Wildman–Crippen LogP) is 0.465. The lowest BCUT2D eigenvalue weighted by Gasteiger charge is -2.32. The van der Waals surface area contributed by atoms with E-state index in [1.165, 1.54) is 0 Å². The molecule has 0 bridgehead atoms. The fourth-order valence-corrected chi connectivity index (χ4v) is 1.81. The minimum atomic E-state index is -0.845. The van der Waals surface area contributed by atoms with Crippen molar-refractivity contribution in [2.45, 2.75) is 19.4 Å². The van der Waals surface area contributed by atoms with E-state index in [2.05, 4.69) is 9.97 Å². The summed E-state index contributed by atoms with van der Waals surface area (Å²) in [5.41, 5.74) is 0.899. The number of morpholine rings is 1. The molecular weight excluding hydrogens is 222 g/mol. The highest BCUT2D eigenvalue weighted by atomic mass is 16.5. The van der Waals surface area contributed by atoms with Crippen LogP contribution < -0.4 is 4.90 Å². The van der Waals surface area contributed by atoms with Crippen LogP contribution in [0.1, 0.15) is 12.1 Å². The van der Waals surface area contributed by atoms with Gasteiger partial charge < -0.3 is 14.7 Å². The quantitative estimate of drug-likeness (QED) is 0.823. The fourth-order valence-electron chi connectivity index (χ4n) is 1.81. The summed E-state index contributed by atoms with van der Waals surface area (Å²) in [5, 5.41) is 8.74. The first-order valence-electron chi connectivity index (χ1n) is 5.53. The average Bonchev–Trinajstić information content (AvgIpc) is 2.28. The van der Waals surface area contributed by atoms with E-state index in [1.54, 1.807) is 6.20 Å². The highest BCUT2D eigenvalue weighted by Gasteiger charge is 2.24. The van der Waals surface area contributed by atoms with Gasteiger partial charge in [-0.05, 0) is 13.0 Å². The molecule has 1 saturated heterocycles. The maximum atomic E-state index is 10.6. The topological polar surface area (TPSA) is 75.6 Å². The van der Waals surface area contributed by atoms with E-state index < -0.39 is 5.97 Å². The average molecular weight is 237 g/mol. The molecular formula is C11H15N3O3. The lowest BCUT2D eigenvalue weighted by molar-refractivity contribution is -0.140. The smallest absolute Gasteiger partial charge is 0.306 e. The van der Waals surface area contributed by atoms with Crippen molar-refractivity contribution < 1.29 is 14.6 Å². The molecule has 2 rings (SSSR count). The summed E-state index contributed by atoms with van der Waals surface area (Å²) in [6, 6.07) is 1.83. The van der Waals surface area contributed by atoms with Gasteiger partial charge in [0.15, 0.2) is 0 Å². The van der Waals surface area contributed by atoms with Gasteiger partial charge >= 0.3 is 5.97 Å². The number of hydrogen-bond donors (Lipinski definition) is 1. The summed E-state index contributed by atoms with van der Waals surface area (Å²) < 4.78 is 5.39. The first kappa shape index (κ1) is 11.8. The van der Waals surface area contributed by atoms with Crippen LogP contribution in [0.3, 0.4) is 0 Å². The lowest BCUT2D eigenvalue weighted by atomic mass is 10.2. The maximum absolute atomic E-state index is 10.6. The molecule has 1 aromatic rings. The third-order valence-corrected chi connectivity index (χ3v) is 2.61. The lowest BCUT2D eigenvalue weighted by Crippen LogP contribution is -2.44. The van der Waals surface area contributed by atoms with Crippen molar-refractivity contribution in [3.05, 3.63) is 18.0 Å². The zero-order valence-corrected chi connectivity index (χ0v) is 9.67. The molecule has 92 valence electrons. The van der Waals surface area contributed by atoms with E-state index in [0.717, 1.165) is 5.69 Å². The summed E-state index contributed by atoms with van der Waals surface area (Å²) in [5.74, 6) is -0.203. The number of aromatic nitrogens is 2. The Bertz CT molecular complexity index is 411. The van der Waals surface area contributed by atoms with Crippen LogP contribution >= 0.6 is 0 Å². The zero-order chi connectivity index (χ0) is 12.3. The van der Waals surface area contributed by atoms with E-state index in [1.807, 2.05) is 17.9 Å². The Morgan fingerprint density at radius 2 is 2.53 bits per heavy atom. The summed E-state index contributed by atoms with van der Waals surface area (Å²) >= 11 is 0. The fraction of sp³-hybridized carbons (Fsp3) is 0.545. The van der Waals surface area contributed by atoms with Crippen molar-refractivity contribution in [3.8, 4) is 0 Å². The maximum Gasteiger partial charge on any atom is 0.306 e. The van der Waals surface area contributed by atoms with Gasteiger partial charge in [-0.15, -0.1) is 0 Å². The molecule has 6 nitrogen and oxygen atoms in total. The second-order valence-electron chi connectivity index (χ2n) is 4.03. The molecule has 1 N–H and O–H groups in total. The number of carboxylic acids is 1. The first-order valence-corrected chi connectivity index (χ1v) is 5.53. The number of hydrogen-bond acceptors (Lipinski definition) is 5. The molecule has 6 heteroatoms. The number of nitrogens with zero attached hydrogens (tertiary/aromatic N) is 3. The van der Waals surface area contributed by atoms with Crippen molar-refractivity contribution in [2.24, 2.45) is 0 Å². The SMILES string of the molecule is Cc1ccnc(N2CCOC(CC(=O)O)C2)n1. The highest BCUT2D eigenvalue weighted by Crippen LogP contribution is 2.14. The van der Waals surface area contributed by atoms with Crippen LogP contribution in [0.2, 0.25) is 0 Å². The predicted molar refractivity (Wildman–Crippen MR) is 61.0 cm³/mol. The highest BCUT2D eigenvalue weighted by molar-refractivity contribution is 5.67. The van der Waals surface area contributed by atoms with Crippen LogP contribution in [0.25, 0.3) is 0 Å². The number of rotatable bonds is 3. The third kappa shape index (κ3) is 3.13. The number of ether oxygens (including phenoxy) is 1. The Hall–Kier alpha value is -1.69. The molecule has 17 heavy (non-hydrogen) atoms. The summed E-state index contributed by atoms with van der Waals surface area (Å²) in [6.07, 6.45) is 1.44. The minimum Gasteiger partial charge on any atom is -0.481 e. The molecule has 1 atom stereocenters. The number of anilines is 1. The zero-order valence-electron chi connectivity index (χ0n) is 9.67. The van der Waals surface area contributed by atoms with Crippen LogP contribution in [0.15, 0.2) is 12.3 Å². The van der Waals surface area contributed by atoms with Crippen molar-refractivity contribution in [3.63, 3.8) is 0 Å². The molecule has 0 spiro atoms. The van der Waals surface area contributed by atoms with Crippen LogP contribution in [0, 0.1) is 6.92 Å². The largest absolute Gasteiger partial charge is 0.481 e. The van der Waals surface area contributed by atoms with Gasteiger partial charge in [0, 0.05) is 25.0 Å². The normalized spacial score (nSPS) is 20.3. The Morgan fingerprint density at radius 3 is 3.24 bits per heavy atom. The molecule has 0 radical (unpaired) electrons. The molecule has 1 unspecified atom stereocenters. The van der Waals surface area contributed by atoms with Crippen LogP contribution in [0.5, 0.6) is 0 Å². The standard InChI is InChI=1S/C11H15N3O3/c1-8-2-3-12-11(13-8)14-4-5-17-9(7-14)6-10(15)16/h2-3,9H,4-7H2,1H3,(H,15,16). The molecule has 0 saturated carbocycles. The second-order valence-corrected chi connectivity index (χ2v) is 4.03. The molecule has 1 aliphatic heterocycles. The Morgan fingerprint density at radius 1 is 1.71 bits per heavy atom. The van der Waals surface area contributed by atoms with Gasteiger partial charge in [-0.25, -0.2) is 9.97 Å². The molecule has 0 aromatic carbocycles. The van der Waals surface area contributed by atoms with Gasteiger partial charge in [0.05, 0.1) is 19.1 Å². The molecule has 0 amide bonds. The van der Waals surface area contributed by atoms with Crippen molar-refractivity contribution in [1.82, 2.24) is 9.97 Å². The summed E-state index contributed by atoms with van der Waals surface area (Å²) in [6.45, 7) is 3.63. The van der Waals surface area contributed by atoms with Crippen molar-refractivity contribution >= 4 is 11.9 Å². The second kappa shape index (κ2) is 5.09. The number of carboxylic acid groups (broad SMARTS) is 1. The number of aryl methyl sites for hydroxylation is 1. The van der Waals surface area contributed by atoms with E-state index in [9.17, 15) is 4.79 Å². The van der Waals surface area contributed by atoms with Gasteiger partial charge in [-0.1, -0.05) is 0 Å². The van der Waals surface area contributed by atoms with Crippen molar-refractivity contribution in [1.29, 1.82) is 0 Å². The number of carbonyl (C=O) groups is 1. The van der Waals surface area contributed by atoms with Gasteiger partial charge in [0.1, 0.15) is 0 Å². The summed E-state index contributed by atoms with van der Waals surface area (Å²) in [7, 11) is 0. The molecule has 0 aliphatic carbocycles. The minimum absolute atomic E-state index is 0.0162. The van der Waals surface area contributed by atoms with Crippen LogP contribution in [-0.4, -0.2) is 46.8 Å². The molecule has 1 fully saturated rings. The van der Waals surface area contributed by atoms with Crippen LogP contribution in [-0.2, 0) is 9.53 Å². The van der Waals surface area contributed by atoms with Gasteiger partial charge in [-0.3, -0.25) is 4.79 Å². The first-order chi connectivity index (χ1) is 8.15. The molecule has 2 heterocycles. The van der Waals surface area contributed by atoms with Crippen molar-refractivity contribution in [2.75, 3.05) is 24.6 Å². The van der Waals surface area contributed by atoms with E-state index in [4.69, 9.17) is 9.84 Å². The molecule has 1 aliphatic rings. The Balaban J connectivity index is 2.04. The number of aliphatic carboxylic acids is 1. The van der Waals surface area contributed by atoms with Gasteiger partial charge in [0.25, 0.3) is 0 Å². The van der Waals surface area contributed by atoms with E-state index in [0.29, 0.717) is 25.6 Å². The Labute approximate surface area is 99.2 Å². The third-order valence-electron chi connectivity index (χ3n) is 2.61. The summed E-state index contributed by atoms with van der Waals surface area (Å²) in [4.78, 5) is 21.1. The van der Waals surface area contributed by atoms with E-state index in [-0.39, 0.29) is 12.5 Å². The molecule has 1 aromatic heterocycles. The van der Waals surface area contributed by atoms with Crippen LogP contribution in [0.4, 0.5) is 5.95 Å². The van der Waals surface area contributed by atoms with E-state index >= 15 is 0 Å². The van der Waals surface area contributed by atoms with Gasteiger partial charge in [-0.2, -0.15) is 0 Å². The Kier molecular flexibility index (Phi) is 3.53. The van der Waals surface area contributed by atoms with Gasteiger partial charge in [0.2, 0.25) is 5.95 Å².